The molecule has 3 N–H and O–H groups in total. The smallest absolute Gasteiger partial charge is 0.275 e. The molecule has 0 spiro atoms. The highest BCUT2D eigenvalue weighted by Gasteiger charge is 2.29. The molecule has 0 aromatic heterocycles. The van der Waals surface area contributed by atoms with Gasteiger partial charge in [0.2, 0.25) is 0 Å². The van der Waals surface area contributed by atoms with E-state index in [9.17, 15) is 15.2 Å². The summed E-state index contributed by atoms with van der Waals surface area (Å²) in [7, 11) is 0. The maximum absolute atomic E-state index is 10.9. The maximum atomic E-state index is 10.9. The number of aryl methyl sites for hydroxylation is 1. The third kappa shape index (κ3) is 1.79. The summed E-state index contributed by atoms with van der Waals surface area (Å²) < 4.78 is 0. The van der Waals surface area contributed by atoms with Crippen LogP contribution in [0.4, 0.5) is 5.69 Å². The quantitative estimate of drug-likeness (QED) is 0.425. The minimum atomic E-state index is -0.931. The standard InChI is InChI=1S/C11H14N2O3/c12-8-5-1-3-7-4-2-6-9(13(15)16)10(7)11(8)14/h2,4,6,8,11,14H,1,3,5,12H2. The molecule has 16 heavy (non-hydrogen) atoms. The molecule has 2 atom stereocenters. The molecule has 2 rings (SSSR count). The normalized spacial score (nSPS) is 24.6. The van der Waals surface area contributed by atoms with Gasteiger partial charge in [-0.25, -0.2) is 0 Å². The Bertz CT molecular complexity index is 420. The van der Waals surface area contributed by atoms with Gasteiger partial charge in [0.15, 0.2) is 0 Å². The monoisotopic (exact) mass is 222 g/mol. The molecule has 0 fully saturated rings. The van der Waals surface area contributed by atoms with Gasteiger partial charge < -0.3 is 10.8 Å². The fourth-order valence-electron chi connectivity index (χ4n) is 2.22. The molecule has 1 aromatic rings. The van der Waals surface area contributed by atoms with Crippen LogP contribution in [0.5, 0.6) is 0 Å². The van der Waals surface area contributed by atoms with Crippen LogP contribution in [0.25, 0.3) is 0 Å². The van der Waals surface area contributed by atoms with Crippen LogP contribution in [0.15, 0.2) is 18.2 Å². The van der Waals surface area contributed by atoms with Gasteiger partial charge in [-0.3, -0.25) is 10.1 Å². The van der Waals surface area contributed by atoms with Crippen molar-refractivity contribution in [3.63, 3.8) is 0 Å². The Morgan fingerprint density at radius 1 is 1.50 bits per heavy atom. The number of nitrogens with two attached hydrogens (primary N) is 1. The van der Waals surface area contributed by atoms with E-state index in [2.05, 4.69) is 0 Å². The van der Waals surface area contributed by atoms with Crippen LogP contribution in [-0.2, 0) is 6.42 Å². The lowest BCUT2D eigenvalue weighted by atomic mass is 9.97. The number of fused-ring (bicyclic) bond motifs is 1. The molecule has 86 valence electrons. The highest BCUT2D eigenvalue weighted by molar-refractivity contribution is 5.48. The average Bonchev–Trinajstić information content (AvgIpc) is 2.40. The van der Waals surface area contributed by atoms with Crippen LogP contribution in [0.1, 0.15) is 30.1 Å². The van der Waals surface area contributed by atoms with E-state index in [1.165, 1.54) is 6.07 Å². The molecule has 0 aliphatic heterocycles. The molecule has 0 saturated carbocycles. The van der Waals surface area contributed by atoms with Gasteiger partial charge >= 0.3 is 0 Å². The predicted octanol–water partition coefficient (Wildman–Crippen LogP) is 1.29. The van der Waals surface area contributed by atoms with Gasteiger partial charge in [-0.05, 0) is 24.8 Å². The fraction of sp³-hybridized carbons (Fsp3) is 0.455. The zero-order valence-electron chi connectivity index (χ0n) is 8.80. The Hall–Kier alpha value is -1.46. The summed E-state index contributed by atoms with van der Waals surface area (Å²) in [6.45, 7) is 0. The first-order valence-corrected chi connectivity index (χ1v) is 5.31. The van der Waals surface area contributed by atoms with Crippen molar-refractivity contribution in [2.45, 2.75) is 31.4 Å². The molecule has 1 aliphatic carbocycles. The zero-order valence-corrected chi connectivity index (χ0v) is 8.80. The van der Waals surface area contributed by atoms with E-state index in [-0.39, 0.29) is 5.69 Å². The first-order chi connectivity index (χ1) is 7.61. The maximum Gasteiger partial charge on any atom is 0.275 e. The molecule has 0 bridgehead atoms. The van der Waals surface area contributed by atoms with Gasteiger partial charge in [0.1, 0.15) is 6.10 Å². The summed E-state index contributed by atoms with van der Waals surface area (Å²) in [4.78, 5) is 10.4. The highest BCUT2D eigenvalue weighted by atomic mass is 16.6. The Morgan fingerprint density at radius 3 is 2.94 bits per heavy atom. The number of nitro benzene ring substituents is 1. The molecule has 0 heterocycles. The van der Waals surface area contributed by atoms with Crippen molar-refractivity contribution in [3.05, 3.63) is 39.4 Å². The van der Waals surface area contributed by atoms with E-state index in [1.807, 2.05) is 6.07 Å². The lowest BCUT2D eigenvalue weighted by Gasteiger charge is -2.17. The molecule has 0 saturated heterocycles. The van der Waals surface area contributed by atoms with Gasteiger partial charge in [0.05, 0.1) is 10.5 Å². The van der Waals surface area contributed by atoms with Crippen LogP contribution in [0.3, 0.4) is 0 Å². The highest BCUT2D eigenvalue weighted by Crippen LogP contribution is 2.34. The van der Waals surface area contributed by atoms with Crippen LogP contribution in [0.2, 0.25) is 0 Å². The van der Waals surface area contributed by atoms with E-state index in [4.69, 9.17) is 5.73 Å². The van der Waals surface area contributed by atoms with Crippen molar-refractivity contribution in [1.82, 2.24) is 0 Å². The van der Waals surface area contributed by atoms with Gasteiger partial charge in [-0.1, -0.05) is 12.1 Å². The molecule has 1 aliphatic rings. The first kappa shape index (κ1) is 11.0. The summed E-state index contributed by atoms with van der Waals surface area (Å²) in [5.74, 6) is 0. The van der Waals surface area contributed by atoms with E-state index in [1.54, 1.807) is 6.07 Å². The first-order valence-electron chi connectivity index (χ1n) is 5.31. The SMILES string of the molecule is NC1CCCc2cccc([N+](=O)[O-])c2C1O. The Kier molecular flexibility index (Phi) is 2.89. The van der Waals surface area contributed by atoms with Crippen molar-refractivity contribution in [3.8, 4) is 0 Å². The number of benzene rings is 1. The molecular weight excluding hydrogens is 208 g/mol. The number of hydrogen-bond donors (Lipinski definition) is 2. The molecule has 5 heteroatoms. The second-order valence-electron chi connectivity index (χ2n) is 4.11. The second kappa shape index (κ2) is 4.19. The zero-order chi connectivity index (χ0) is 11.7. The van der Waals surface area contributed by atoms with Crippen molar-refractivity contribution in [1.29, 1.82) is 0 Å². The number of hydrogen-bond acceptors (Lipinski definition) is 4. The van der Waals surface area contributed by atoms with Crippen LogP contribution < -0.4 is 5.73 Å². The van der Waals surface area contributed by atoms with Crippen molar-refractivity contribution in [2.75, 3.05) is 0 Å². The minimum Gasteiger partial charge on any atom is -0.387 e. The largest absolute Gasteiger partial charge is 0.387 e. The van der Waals surface area contributed by atoms with E-state index in [0.717, 1.165) is 18.4 Å². The third-order valence-electron chi connectivity index (χ3n) is 3.05. The number of nitrogens with zero attached hydrogens (tertiary/aromatic N) is 1. The fourth-order valence-corrected chi connectivity index (χ4v) is 2.22. The van der Waals surface area contributed by atoms with Crippen LogP contribution in [-0.4, -0.2) is 16.1 Å². The van der Waals surface area contributed by atoms with Gasteiger partial charge in [0.25, 0.3) is 5.69 Å². The van der Waals surface area contributed by atoms with Gasteiger partial charge in [0, 0.05) is 12.1 Å². The van der Waals surface area contributed by atoms with Gasteiger partial charge in [-0.15, -0.1) is 0 Å². The van der Waals surface area contributed by atoms with Crippen LogP contribution >= 0.6 is 0 Å². The van der Waals surface area contributed by atoms with E-state index in [0.29, 0.717) is 12.0 Å². The Balaban J connectivity index is 2.57. The van der Waals surface area contributed by atoms with Crippen molar-refractivity contribution >= 4 is 5.69 Å². The summed E-state index contributed by atoms with van der Waals surface area (Å²) in [6.07, 6.45) is 1.35. The molecule has 5 nitrogen and oxygen atoms in total. The second-order valence-corrected chi connectivity index (χ2v) is 4.11. The van der Waals surface area contributed by atoms with Gasteiger partial charge in [-0.2, -0.15) is 0 Å². The molecule has 0 radical (unpaired) electrons. The summed E-state index contributed by atoms with van der Waals surface area (Å²) in [5.41, 5.74) is 7.01. The number of aliphatic hydroxyl groups is 1. The number of rotatable bonds is 1. The predicted molar refractivity (Wildman–Crippen MR) is 59.0 cm³/mol. The number of nitro groups is 1. The minimum absolute atomic E-state index is 0.0256. The molecule has 0 amide bonds. The topological polar surface area (TPSA) is 89.4 Å². The summed E-state index contributed by atoms with van der Waals surface area (Å²) in [5, 5.41) is 20.9. The molecular formula is C11H14N2O3. The Morgan fingerprint density at radius 2 is 2.25 bits per heavy atom. The lowest BCUT2D eigenvalue weighted by Crippen LogP contribution is -2.27. The number of aliphatic hydroxyl groups excluding tert-OH is 1. The summed E-state index contributed by atoms with van der Waals surface area (Å²) in [6, 6.07) is 4.48. The lowest BCUT2D eigenvalue weighted by molar-refractivity contribution is -0.386. The average molecular weight is 222 g/mol. The van der Waals surface area contributed by atoms with E-state index >= 15 is 0 Å². The van der Waals surface area contributed by atoms with Crippen molar-refractivity contribution in [2.24, 2.45) is 5.73 Å². The van der Waals surface area contributed by atoms with Crippen LogP contribution in [0, 0.1) is 10.1 Å². The summed E-state index contributed by atoms with van der Waals surface area (Å²) >= 11 is 0. The Labute approximate surface area is 93.0 Å². The molecule has 2 unspecified atom stereocenters. The molecule has 1 aromatic carbocycles. The van der Waals surface area contributed by atoms with E-state index < -0.39 is 17.1 Å². The van der Waals surface area contributed by atoms with Crippen molar-refractivity contribution < 1.29 is 10.0 Å². The third-order valence-corrected chi connectivity index (χ3v) is 3.05.